The van der Waals surface area contributed by atoms with Gasteiger partial charge in [-0.25, -0.2) is 4.79 Å². The highest BCUT2D eigenvalue weighted by molar-refractivity contribution is 5.72. The number of hydrogen-bond donors (Lipinski definition) is 1. The fourth-order valence-corrected chi connectivity index (χ4v) is 6.81. The average molecular weight is 905 g/mol. The first-order valence-electron chi connectivity index (χ1n) is 25.4. The van der Waals surface area contributed by atoms with E-state index in [4.69, 9.17) is 14.2 Å². The second kappa shape index (κ2) is 46.5. The van der Waals surface area contributed by atoms with Crippen LogP contribution in [-0.2, 0) is 28.6 Å². The maximum absolute atomic E-state index is 12.8. The van der Waals surface area contributed by atoms with E-state index in [1.54, 1.807) is 0 Å². The second-order valence-corrected chi connectivity index (χ2v) is 17.7. The molecule has 0 aromatic rings. The maximum atomic E-state index is 12.8. The van der Waals surface area contributed by atoms with Crippen molar-refractivity contribution in [3.05, 3.63) is 109 Å². The van der Waals surface area contributed by atoms with Crippen LogP contribution in [0.15, 0.2) is 109 Å². The number of aliphatic carboxylic acids is 1. The molecule has 0 saturated heterocycles. The molecule has 0 radical (unpaired) electrons. The van der Waals surface area contributed by atoms with Crippen LogP contribution >= 0.6 is 0 Å². The van der Waals surface area contributed by atoms with Crippen LogP contribution in [0.4, 0.5) is 0 Å². The number of carbonyl (C=O) groups excluding carboxylic acids is 2. The fraction of sp³-hybridized carbons (Fsp3) is 0.632. The lowest BCUT2D eigenvalue weighted by atomic mass is 10.1. The van der Waals surface area contributed by atoms with Crippen LogP contribution < -0.4 is 0 Å². The zero-order valence-electron chi connectivity index (χ0n) is 41.9. The second-order valence-electron chi connectivity index (χ2n) is 17.7. The van der Waals surface area contributed by atoms with Crippen molar-refractivity contribution in [2.45, 2.75) is 193 Å². The van der Waals surface area contributed by atoms with Gasteiger partial charge in [0.05, 0.1) is 34.4 Å². The van der Waals surface area contributed by atoms with Gasteiger partial charge in [0.2, 0.25) is 0 Å². The third kappa shape index (κ3) is 45.0. The van der Waals surface area contributed by atoms with Crippen LogP contribution in [0.5, 0.6) is 0 Å². The molecule has 0 saturated carbocycles. The van der Waals surface area contributed by atoms with E-state index < -0.39 is 18.1 Å². The highest BCUT2D eigenvalue weighted by Crippen LogP contribution is 2.13. The Labute approximate surface area is 398 Å². The maximum Gasteiger partial charge on any atom is 0.362 e. The summed E-state index contributed by atoms with van der Waals surface area (Å²) >= 11 is 0. The Kier molecular flexibility index (Phi) is 43.6. The van der Waals surface area contributed by atoms with Crippen molar-refractivity contribution in [2.24, 2.45) is 0 Å². The van der Waals surface area contributed by atoms with Gasteiger partial charge in [-0.3, -0.25) is 9.59 Å². The molecule has 0 bridgehead atoms. The van der Waals surface area contributed by atoms with Gasteiger partial charge in [-0.2, -0.15) is 0 Å². The average Bonchev–Trinajstić information content (AvgIpc) is 3.27. The summed E-state index contributed by atoms with van der Waals surface area (Å²) in [5, 5.41) is 9.66. The van der Waals surface area contributed by atoms with E-state index in [1.165, 1.54) is 25.7 Å². The van der Waals surface area contributed by atoms with Gasteiger partial charge >= 0.3 is 17.9 Å². The van der Waals surface area contributed by atoms with Gasteiger partial charge in [0, 0.05) is 19.3 Å². The quantitative estimate of drug-likeness (QED) is 0.0281. The van der Waals surface area contributed by atoms with Crippen LogP contribution in [-0.4, -0.2) is 80.6 Å². The molecule has 368 valence electrons. The monoisotopic (exact) mass is 905 g/mol. The smallest absolute Gasteiger partial charge is 0.362 e. The molecule has 0 aliphatic carbocycles. The van der Waals surface area contributed by atoms with Crippen molar-refractivity contribution < 1.29 is 38.2 Å². The van der Waals surface area contributed by atoms with Gasteiger partial charge in [-0.15, -0.1) is 0 Å². The van der Waals surface area contributed by atoms with Crippen molar-refractivity contribution in [3.63, 3.8) is 0 Å². The van der Waals surface area contributed by atoms with E-state index in [-0.39, 0.29) is 36.2 Å². The molecular formula is C57H94NO7+. The minimum absolute atomic E-state index is 0.0430. The first kappa shape index (κ1) is 61.0. The molecule has 0 amide bonds. The highest BCUT2D eigenvalue weighted by Gasteiger charge is 2.31. The zero-order valence-corrected chi connectivity index (χ0v) is 41.9. The lowest BCUT2D eigenvalue weighted by molar-refractivity contribution is -0.887. The third-order valence-corrected chi connectivity index (χ3v) is 10.7. The van der Waals surface area contributed by atoms with Crippen LogP contribution in [0.3, 0.4) is 0 Å². The van der Waals surface area contributed by atoms with Gasteiger partial charge in [-0.05, 0) is 96.3 Å². The molecule has 8 heteroatoms. The topological polar surface area (TPSA) is 99.1 Å². The standard InChI is InChI=1S/C57H93NO7/c1-6-8-10-12-14-16-18-20-22-24-26-27-28-30-32-34-36-38-40-42-44-46-48-56(60)65-53(51-63-50-49-54(57(61)62)58(3,4)5)52-64-55(59)47-45-43-41-39-37-35-33-31-29-25-23-21-19-17-15-13-11-9-7-2/h8-11,14-17,20-23,26-27,29-32,53-54H,6-7,12-13,18-19,24-25,28,33-52H2,1-5H3/p+1/b10-8+,11-9+,16-14+,17-15+,22-20+,23-21+,27-26+,31-29+,32-30+. The molecule has 0 spiro atoms. The summed E-state index contributed by atoms with van der Waals surface area (Å²) in [6, 6.07) is -0.627. The Morgan fingerprint density at radius 3 is 1.20 bits per heavy atom. The highest BCUT2D eigenvalue weighted by atomic mass is 16.6. The van der Waals surface area contributed by atoms with Crippen LogP contribution in [0.25, 0.3) is 0 Å². The van der Waals surface area contributed by atoms with Crippen molar-refractivity contribution in [1.82, 2.24) is 0 Å². The van der Waals surface area contributed by atoms with Gasteiger partial charge < -0.3 is 23.8 Å². The van der Waals surface area contributed by atoms with Crippen molar-refractivity contribution in [3.8, 4) is 0 Å². The Morgan fingerprint density at radius 2 is 0.815 bits per heavy atom. The summed E-state index contributed by atoms with van der Waals surface area (Å²) in [6.45, 7) is 4.47. The predicted molar refractivity (Wildman–Crippen MR) is 275 cm³/mol. The predicted octanol–water partition coefficient (Wildman–Crippen LogP) is 14.8. The molecule has 0 rings (SSSR count). The van der Waals surface area contributed by atoms with Gasteiger partial charge in [-0.1, -0.05) is 175 Å². The Morgan fingerprint density at radius 1 is 0.462 bits per heavy atom. The fourth-order valence-electron chi connectivity index (χ4n) is 6.81. The number of quaternary nitrogens is 1. The molecule has 0 aliphatic rings. The van der Waals surface area contributed by atoms with Gasteiger partial charge in [0.1, 0.15) is 6.61 Å². The lowest BCUT2D eigenvalue weighted by Gasteiger charge is -2.31. The molecular weight excluding hydrogens is 811 g/mol. The number of likely N-dealkylation sites (N-methyl/N-ethyl adjacent to an activating group) is 1. The molecule has 1 N–H and O–H groups in total. The number of esters is 2. The minimum atomic E-state index is -0.884. The lowest BCUT2D eigenvalue weighted by Crippen LogP contribution is -2.50. The van der Waals surface area contributed by atoms with E-state index >= 15 is 0 Å². The molecule has 8 nitrogen and oxygen atoms in total. The number of unbranched alkanes of at least 4 members (excludes halogenated alkanes) is 12. The normalized spacial score (nSPS) is 13.8. The number of carboxylic acids is 1. The first-order valence-corrected chi connectivity index (χ1v) is 25.4. The van der Waals surface area contributed by atoms with Crippen LogP contribution in [0, 0.1) is 0 Å². The summed E-state index contributed by atoms with van der Waals surface area (Å²) in [7, 11) is 5.51. The van der Waals surface area contributed by atoms with E-state index in [2.05, 4.69) is 123 Å². The number of nitrogens with zero attached hydrogens (tertiary/aromatic N) is 1. The number of ether oxygens (including phenoxy) is 3. The summed E-state index contributed by atoms with van der Waals surface area (Å²) in [5.41, 5.74) is 0. The van der Waals surface area contributed by atoms with E-state index in [0.29, 0.717) is 19.3 Å². The molecule has 0 fully saturated rings. The summed E-state index contributed by atoms with van der Waals surface area (Å²) in [5.74, 6) is -1.52. The molecule has 65 heavy (non-hydrogen) atoms. The summed E-state index contributed by atoms with van der Waals surface area (Å²) < 4.78 is 17.3. The Bertz CT molecular complexity index is 1420. The first-order chi connectivity index (χ1) is 31.6. The number of hydrogen-bond acceptors (Lipinski definition) is 6. The zero-order chi connectivity index (χ0) is 47.7. The minimum Gasteiger partial charge on any atom is -0.477 e. The molecule has 0 aromatic heterocycles. The largest absolute Gasteiger partial charge is 0.477 e. The molecule has 0 heterocycles. The van der Waals surface area contributed by atoms with E-state index in [9.17, 15) is 19.5 Å². The van der Waals surface area contributed by atoms with Crippen molar-refractivity contribution in [1.29, 1.82) is 0 Å². The van der Waals surface area contributed by atoms with Gasteiger partial charge in [0.25, 0.3) is 0 Å². The Hall–Kier alpha value is -4.01. The number of carbonyl (C=O) groups is 3. The van der Waals surface area contributed by atoms with Crippen molar-refractivity contribution in [2.75, 3.05) is 41.0 Å². The Balaban J connectivity index is 4.34. The molecule has 0 aliphatic heterocycles. The van der Waals surface area contributed by atoms with E-state index in [1.807, 2.05) is 21.1 Å². The molecule has 0 aromatic carbocycles. The van der Waals surface area contributed by atoms with Gasteiger partial charge in [0.15, 0.2) is 12.1 Å². The summed E-state index contributed by atoms with van der Waals surface area (Å²) in [6.07, 6.45) is 64.2. The summed E-state index contributed by atoms with van der Waals surface area (Å²) in [4.78, 5) is 37.2. The third-order valence-electron chi connectivity index (χ3n) is 10.7. The SMILES string of the molecule is CC/C=C/C/C=C/C/C=C/C/C=C/C/C=C/CCCCCCCCC(=O)OC(COCCC(C(=O)O)[N+](C)(C)C)COC(=O)CCCCCCCC/C=C/C/C=C/C/C=C/C/C=C/CC. The van der Waals surface area contributed by atoms with Crippen LogP contribution in [0.1, 0.15) is 181 Å². The van der Waals surface area contributed by atoms with Crippen molar-refractivity contribution >= 4 is 17.9 Å². The van der Waals surface area contributed by atoms with Crippen LogP contribution in [0.2, 0.25) is 0 Å². The molecule has 2 unspecified atom stereocenters. The number of allylic oxidation sites excluding steroid dienone is 18. The number of rotatable bonds is 44. The number of carboxylic acid groups (broad SMARTS) is 1. The van der Waals surface area contributed by atoms with E-state index in [0.717, 1.165) is 122 Å². The molecule has 2 atom stereocenters.